The Hall–Kier alpha value is -8.34. The van der Waals surface area contributed by atoms with Crippen molar-refractivity contribution in [3.63, 3.8) is 0 Å². The average molecular weight is 819 g/mol. The molecule has 4 aliphatic rings. The van der Waals surface area contributed by atoms with E-state index in [0.717, 1.165) is 17.0 Å². The van der Waals surface area contributed by atoms with Gasteiger partial charge < -0.3 is 20.4 Å². The molecule has 0 radical (unpaired) electrons. The predicted octanol–water partition coefficient (Wildman–Crippen LogP) is 14.1. The summed E-state index contributed by atoms with van der Waals surface area (Å²) in [7, 11) is 0. The Bertz CT molecular complexity index is 3440. The Morgan fingerprint density at radius 2 is 0.703 bits per heavy atom. The molecule has 0 bridgehead atoms. The molecule has 13 rings (SSSR count). The number of benzene rings is 9. The summed E-state index contributed by atoms with van der Waals surface area (Å²) in [5, 5.41) is 17.4. The van der Waals surface area contributed by atoms with Gasteiger partial charge in [0.25, 0.3) is 0 Å². The lowest BCUT2D eigenvalue weighted by molar-refractivity contribution is 0.427. The van der Waals surface area contributed by atoms with Crippen LogP contribution < -0.4 is 10.6 Å². The molecule has 2 N–H and O–H groups in total. The zero-order chi connectivity index (χ0) is 42.1. The summed E-state index contributed by atoms with van der Waals surface area (Å²) in [6, 6.07) is 64.8. The lowest BCUT2D eigenvalue weighted by Gasteiger charge is -2.24. The Morgan fingerprint density at radius 3 is 1.16 bits per heavy atom. The van der Waals surface area contributed by atoms with E-state index in [1.54, 1.807) is 0 Å². The fourth-order valence-corrected chi connectivity index (χ4v) is 10.4. The lowest BCUT2D eigenvalue weighted by atomic mass is 9.81. The highest BCUT2D eigenvalue weighted by atomic mass is 15.3. The standard InChI is InChI=1S/C60H42N4/c1-2-14-39(15-3-1)44-33-34-56-62-54(38-64(56)36-44)41-27-31-43(32-28-41)58-47-18-6-10-22-51(47)60(52-23-11-7-19-48(52)58)59-49-20-8-4-16-45(49)57(46-17-5-9-21-50(46)59)42-29-25-40(26-30-42)53-37-63-35-13-12-24-55(63)61-53/h1-38,55-56,61-62H. The largest absolute Gasteiger partial charge is 0.360 e. The highest BCUT2D eigenvalue weighted by Crippen LogP contribution is 2.50. The normalized spacial score (nSPS) is 17.3. The van der Waals surface area contributed by atoms with E-state index in [1.165, 1.54) is 93.2 Å². The van der Waals surface area contributed by atoms with Crippen LogP contribution in [0.1, 0.15) is 16.7 Å². The molecule has 4 nitrogen and oxygen atoms in total. The summed E-state index contributed by atoms with van der Waals surface area (Å²) in [4.78, 5) is 4.49. The van der Waals surface area contributed by atoms with E-state index in [4.69, 9.17) is 0 Å². The van der Waals surface area contributed by atoms with Crippen molar-refractivity contribution < 1.29 is 0 Å². The van der Waals surface area contributed by atoms with E-state index in [2.05, 4.69) is 252 Å². The second-order valence-electron chi connectivity index (χ2n) is 17.0. The highest BCUT2D eigenvalue weighted by molar-refractivity contribution is 6.30. The molecule has 9 aromatic rings. The monoisotopic (exact) mass is 818 g/mol. The van der Waals surface area contributed by atoms with Gasteiger partial charge in [-0.1, -0.05) is 188 Å². The van der Waals surface area contributed by atoms with E-state index in [1.807, 2.05) is 0 Å². The number of hydrogen-bond donors (Lipinski definition) is 2. The molecular weight excluding hydrogens is 777 g/mol. The van der Waals surface area contributed by atoms with Crippen molar-refractivity contribution in [2.75, 3.05) is 0 Å². The summed E-state index contributed by atoms with van der Waals surface area (Å²) in [6.45, 7) is 0. The van der Waals surface area contributed by atoms with Gasteiger partial charge in [-0.25, -0.2) is 0 Å². The topological polar surface area (TPSA) is 30.5 Å². The minimum Gasteiger partial charge on any atom is -0.360 e. The van der Waals surface area contributed by atoms with Crippen LogP contribution >= 0.6 is 0 Å². The van der Waals surface area contributed by atoms with Crippen LogP contribution in [0.5, 0.6) is 0 Å². The van der Waals surface area contributed by atoms with E-state index in [0.29, 0.717) is 0 Å². The molecule has 64 heavy (non-hydrogen) atoms. The smallest absolute Gasteiger partial charge is 0.122 e. The molecule has 4 heteroatoms. The van der Waals surface area contributed by atoms with Crippen LogP contribution in [0, 0.1) is 0 Å². The van der Waals surface area contributed by atoms with Gasteiger partial charge in [0.2, 0.25) is 0 Å². The summed E-state index contributed by atoms with van der Waals surface area (Å²) in [6.07, 6.45) is 19.8. The summed E-state index contributed by atoms with van der Waals surface area (Å²) in [5.74, 6) is 0. The lowest BCUT2D eigenvalue weighted by Crippen LogP contribution is -2.32. The molecule has 0 saturated heterocycles. The van der Waals surface area contributed by atoms with Crippen molar-refractivity contribution in [3.8, 4) is 33.4 Å². The van der Waals surface area contributed by atoms with Crippen LogP contribution in [0.2, 0.25) is 0 Å². The average Bonchev–Trinajstić information content (AvgIpc) is 4.01. The first-order valence-corrected chi connectivity index (χ1v) is 22.1. The van der Waals surface area contributed by atoms with Gasteiger partial charge in [0.1, 0.15) is 12.3 Å². The highest BCUT2D eigenvalue weighted by Gasteiger charge is 2.26. The number of nitrogens with zero attached hydrogens (tertiary/aromatic N) is 2. The van der Waals surface area contributed by atoms with Crippen molar-refractivity contribution in [2.45, 2.75) is 12.3 Å². The summed E-state index contributed by atoms with van der Waals surface area (Å²) < 4.78 is 0. The molecule has 0 saturated carbocycles. The number of nitrogens with one attached hydrogen (secondary N) is 2. The van der Waals surface area contributed by atoms with Crippen LogP contribution in [-0.4, -0.2) is 22.1 Å². The molecule has 302 valence electrons. The SMILES string of the molecule is C1=CC2NC(c3ccc(-c4c5ccccc5c(-c5c6ccccc6c(-c6ccc(C7=CN8C=C(c9ccccc9)C=CC8N7)cc6)c6ccccc56)c5ccccc45)cc3)=CN2C=C1. The Kier molecular flexibility index (Phi) is 8.31. The molecule has 9 aromatic carbocycles. The zero-order valence-electron chi connectivity index (χ0n) is 35.0. The third-order valence-corrected chi connectivity index (χ3v) is 13.4. The number of allylic oxidation sites excluding steroid dienone is 4. The van der Waals surface area contributed by atoms with Crippen LogP contribution in [0.25, 0.3) is 93.4 Å². The van der Waals surface area contributed by atoms with Crippen LogP contribution in [0.15, 0.2) is 231 Å². The van der Waals surface area contributed by atoms with E-state index < -0.39 is 0 Å². The molecule has 0 spiro atoms. The Labute approximate surface area is 372 Å². The molecular formula is C60H42N4. The maximum Gasteiger partial charge on any atom is 0.122 e. The molecule has 2 atom stereocenters. The maximum absolute atomic E-state index is 3.74. The second kappa shape index (κ2) is 14.6. The molecule has 0 aromatic heterocycles. The minimum atomic E-state index is 0.0976. The van der Waals surface area contributed by atoms with Gasteiger partial charge in [-0.3, -0.25) is 0 Å². The first-order valence-electron chi connectivity index (χ1n) is 22.1. The maximum atomic E-state index is 3.74. The summed E-state index contributed by atoms with van der Waals surface area (Å²) >= 11 is 0. The number of hydrogen-bond acceptors (Lipinski definition) is 4. The van der Waals surface area contributed by atoms with Gasteiger partial charge in [-0.2, -0.15) is 0 Å². The predicted molar refractivity (Wildman–Crippen MR) is 268 cm³/mol. The molecule has 4 heterocycles. The Balaban J connectivity index is 0.934. The van der Waals surface area contributed by atoms with Gasteiger partial charge in [0, 0.05) is 24.8 Å². The third-order valence-electron chi connectivity index (χ3n) is 13.4. The quantitative estimate of drug-likeness (QED) is 0.164. The van der Waals surface area contributed by atoms with E-state index in [-0.39, 0.29) is 12.3 Å². The minimum absolute atomic E-state index is 0.0976. The second-order valence-corrected chi connectivity index (χ2v) is 17.0. The van der Waals surface area contributed by atoms with E-state index in [9.17, 15) is 0 Å². The first-order chi connectivity index (χ1) is 31.7. The van der Waals surface area contributed by atoms with Gasteiger partial charge in [-0.15, -0.1) is 0 Å². The van der Waals surface area contributed by atoms with Crippen molar-refractivity contribution >= 4 is 60.1 Å². The molecule has 0 aliphatic carbocycles. The van der Waals surface area contributed by atoms with Crippen molar-refractivity contribution in [1.29, 1.82) is 0 Å². The van der Waals surface area contributed by atoms with Crippen LogP contribution in [0.3, 0.4) is 0 Å². The Morgan fingerprint density at radius 1 is 0.312 bits per heavy atom. The number of rotatable bonds is 6. The molecule has 0 amide bonds. The zero-order valence-corrected chi connectivity index (χ0v) is 35.0. The van der Waals surface area contributed by atoms with E-state index >= 15 is 0 Å². The van der Waals surface area contributed by atoms with Gasteiger partial charge in [0.15, 0.2) is 0 Å². The molecule has 4 aliphatic heterocycles. The summed E-state index contributed by atoms with van der Waals surface area (Å²) in [5.41, 5.74) is 14.5. The fourth-order valence-electron chi connectivity index (χ4n) is 10.4. The first kappa shape index (κ1) is 36.3. The van der Waals surface area contributed by atoms with Crippen LogP contribution in [0.4, 0.5) is 0 Å². The van der Waals surface area contributed by atoms with Crippen molar-refractivity contribution in [2.24, 2.45) is 0 Å². The van der Waals surface area contributed by atoms with Crippen molar-refractivity contribution in [1.82, 2.24) is 20.4 Å². The van der Waals surface area contributed by atoms with Crippen LogP contribution in [-0.2, 0) is 0 Å². The van der Waals surface area contributed by atoms with Gasteiger partial charge >= 0.3 is 0 Å². The van der Waals surface area contributed by atoms with Gasteiger partial charge in [0.05, 0.1) is 11.4 Å². The fraction of sp³-hybridized carbons (Fsp3) is 0.0333. The molecule has 0 fully saturated rings. The van der Waals surface area contributed by atoms with Crippen molar-refractivity contribution in [3.05, 3.63) is 248 Å². The number of fused-ring (bicyclic) bond motifs is 6. The third kappa shape index (κ3) is 5.84. The van der Waals surface area contributed by atoms with Gasteiger partial charge in [-0.05, 0) is 117 Å². The molecule has 2 unspecified atom stereocenters.